The minimum absolute atomic E-state index is 0.132. The van der Waals surface area contributed by atoms with Gasteiger partial charge in [-0.15, -0.1) is 6.58 Å². The van der Waals surface area contributed by atoms with Crippen molar-refractivity contribution in [1.82, 2.24) is 4.31 Å². The Hall–Kier alpha value is -0.930. The molecule has 0 amide bonds. The lowest BCUT2D eigenvalue weighted by Gasteiger charge is -2.49. The number of benzene rings is 2. The van der Waals surface area contributed by atoms with Crippen molar-refractivity contribution in [3.05, 3.63) is 82.4 Å². The molecule has 1 aliphatic rings. The summed E-state index contributed by atoms with van der Waals surface area (Å²) in [6.45, 7) is 9.65. The van der Waals surface area contributed by atoms with Crippen molar-refractivity contribution in [2.24, 2.45) is 0 Å². The molecule has 0 radical (unpaired) electrons. The topological polar surface area (TPSA) is 3.24 Å². The summed E-state index contributed by atoms with van der Waals surface area (Å²) >= 11 is 14.5. The van der Waals surface area contributed by atoms with Crippen molar-refractivity contribution >= 4 is 35.1 Å². The van der Waals surface area contributed by atoms with Gasteiger partial charge in [0.2, 0.25) is 0 Å². The molecule has 0 bridgehead atoms. The number of halogens is 2. The van der Waals surface area contributed by atoms with E-state index in [-0.39, 0.29) is 4.75 Å². The SMILES string of the molecule is C=CC[C@]1(C)C[C@H](c2cccc(Cl)c2)[C@@H](c2ccc(Cl)cc2)N(CCC)S1. The van der Waals surface area contributed by atoms with Gasteiger partial charge >= 0.3 is 0 Å². The molecule has 3 rings (SSSR count). The quantitative estimate of drug-likeness (QED) is 0.345. The first-order chi connectivity index (χ1) is 13.0. The van der Waals surface area contributed by atoms with E-state index in [1.165, 1.54) is 11.1 Å². The third-order valence-corrected chi connectivity index (χ3v) is 7.09. The highest BCUT2D eigenvalue weighted by Crippen LogP contribution is 2.55. The van der Waals surface area contributed by atoms with Crippen LogP contribution in [-0.4, -0.2) is 15.6 Å². The maximum atomic E-state index is 6.36. The molecule has 0 aliphatic carbocycles. The van der Waals surface area contributed by atoms with Crippen LogP contribution in [0.3, 0.4) is 0 Å². The molecular formula is C23H27Cl2NS. The van der Waals surface area contributed by atoms with Crippen molar-refractivity contribution in [2.75, 3.05) is 6.54 Å². The molecule has 0 aromatic heterocycles. The second-order valence-electron chi connectivity index (χ2n) is 7.54. The number of hydrogen-bond acceptors (Lipinski definition) is 2. The smallest absolute Gasteiger partial charge is 0.0521 e. The first kappa shape index (κ1) is 20.8. The summed E-state index contributed by atoms with van der Waals surface area (Å²) in [4.78, 5) is 0. The molecule has 1 aliphatic heterocycles. The summed E-state index contributed by atoms with van der Waals surface area (Å²) in [6, 6.07) is 17.0. The van der Waals surface area contributed by atoms with Gasteiger partial charge in [-0.05, 0) is 61.6 Å². The Morgan fingerprint density at radius 3 is 2.52 bits per heavy atom. The first-order valence-corrected chi connectivity index (χ1v) is 11.1. The molecule has 1 saturated heterocycles. The second kappa shape index (κ2) is 9.05. The predicted molar refractivity (Wildman–Crippen MR) is 121 cm³/mol. The predicted octanol–water partition coefficient (Wildman–Crippen LogP) is 7.92. The average molecular weight is 420 g/mol. The van der Waals surface area contributed by atoms with Gasteiger partial charge in [-0.25, -0.2) is 4.31 Å². The Bertz CT molecular complexity index is 776. The Morgan fingerprint density at radius 1 is 1.15 bits per heavy atom. The summed E-state index contributed by atoms with van der Waals surface area (Å²) in [6.07, 6.45) is 5.23. The van der Waals surface area contributed by atoms with E-state index in [0.29, 0.717) is 12.0 Å². The lowest BCUT2D eigenvalue weighted by molar-refractivity contribution is 0.255. The lowest BCUT2D eigenvalue weighted by Crippen LogP contribution is -2.41. The van der Waals surface area contributed by atoms with Crippen LogP contribution < -0.4 is 0 Å². The molecule has 0 N–H and O–H groups in total. The van der Waals surface area contributed by atoms with Crippen LogP contribution in [0.5, 0.6) is 0 Å². The van der Waals surface area contributed by atoms with Gasteiger partial charge in [-0.1, -0.05) is 72.4 Å². The maximum Gasteiger partial charge on any atom is 0.0521 e. The van der Waals surface area contributed by atoms with E-state index >= 15 is 0 Å². The summed E-state index contributed by atoms with van der Waals surface area (Å²) in [5, 5.41) is 1.58. The fourth-order valence-corrected chi connectivity index (χ4v) is 6.08. The zero-order chi connectivity index (χ0) is 19.4. The minimum atomic E-state index is 0.132. The molecule has 27 heavy (non-hydrogen) atoms. The molecule has 4 heteroatoms. The van der Waals surface area contributed by atoms with Gasteiger partial charge in [0.1, 0.15) is 0 Å². The molecule has 1 nitrogen and oxygen atoms in total. The van der Waals surface area contributed by atoms with E-state index in [0.717, 1.165) is 35.9 Å². The third kappa shape index (κ3) is 4.92. The zero-order valence-corrected chi connectivity index (χ0v) is 18.3. The Balaban J connectivity index is 2.08. The van der Waals surface area contributed by atoms with E-state index in [4.69, 9.17) is 23.2 Å². The summed E-state index contributed by atoms with van der Waals surface area (Å²) < 4.78 is 2.70. The van der Waals surface area contributed by atoms with Crippen molar-refractivity contribution in [3.8, 4) is 0 Å². The van der Waals surface area contributed by atoms with Crippen LogP contribution in [0.2, 0.25) is 10.0 Å². The van der Waals surface area contributed by atoms with Gasteiger partial charge in [0.25, 0.3) is 0 Å². The van der Waals surface area contributed by atoms with Crippen LogP contribution in [0.25, 0.3) is 0 Å². The molecular weight excluding hydrogens is 393 g/mol. The summed E-state index contributed by atoms with van der Waals surface area (Å²) in [5.41, 5.74) is 2.62. The van der Waals surface area contributed by atoms with Gasteiger partial charge < -0.3 is 0 Å². The van der Waals surface area contributed by atoms with Crippen LogP contribution in [0.4, 0.5) is 0 Å². The molecule has 0 saturated carbocycles. The monoisotopic (exact) mass is 419 g/mol. The minimum Gasteiger partial charge on any atom is -0.242 e. The van der Waals surface area contributed by atoms with Crippen molar-refractivity contribution in [2.45, 2.75) is 49.8 Å². The van der Waals surface area contributed by atoms with Crippen LogP contribution in [0.1, 0.15) is 56.2 Å². The van der Waals surface area contributed by atoms with E-state index in [1.54, 1.807) is 0 Å². The van der Waals surface area contributed by atoms with E-state index in [9.17, 15) is 0 Å². The molecule has 0 unspecified atom stereocenters. The van der Waals surface area contributed by atoms with Crippen molar-refractivity contribution in [1.29, 1.82) is 0 Å². The number of allylic oxidation sites excluding steroid dienone is 1. The third-order valence-electron chi connectivity index (χ3n) is 5.19. The first-order valence-electron chi connectivity index (χ1n) is 9.53. The molecule has 2 aromatic carbocycles. The summed E-state index contributed by atoms with van der Waals surface area (Å²) in [7, 11) is 0. The van der Waals surface area contributed by atoms with E-state index in [2.05, 4.69) is 61.1 Å². The molecule has 1 heterocycles. The number of nitrogens with zero attached hydrogens (tertiary/aromatic N) is 1. The Labute approximate surface area is 177 Å². The Kier molecular flexibility index (Phi) is 6.97. The lowest BCUT2D eigenvalue weighted by atomic mass is 9.79. The van der Waals surface area contributed by atoms with Gasteiger partial charge in [0.15, 0.2) is 0 Å². The van der Waals surface area contributed by atoms with Crippen LogP contribution in [-0.2, 0) is 0 Å². The largest absolute Gasteiger partial charge is 0.242 e. The number of rotatable bonds is 6. The molecule has 2 aromatic rings. The van der Waals surface area contributed by atoms with Crippen LogP contribution >= 0.6 is 35.1 Å². The van der Waals surface area contributed by atoms with Gasteiger partial charge in [0.05, 0.1) is 6.04 Å². The molecule has 1 fully saturated rings. The molecule has 3 atom stereocenters. The highest BCUT2D eigenvalue weighted by atomic mass is 35.5. The van der Waals surface area contributed by atoms with Gasteiger partial charge in [-0.2, -0.15) is 0 Å². The van der Waals surface area contributed by atoms with Gasteiger partial charge in [0, 0.05) is 27.3 Å². The van der Waals surface area contributed by atoms with Gasteiger partial charge in [-0.3, -0.25) is 0 Å². The van der Waals surface area contributed by atoms with Crippen LogP contribution in [0.15, 0.2) is 61.2 Å². The van der Waals surface area contributed by atoms with Crippen molar-refractivity contribution in [3.63, 3.8) is 0 Å². The highest BCUT2D eigenvalue weighted by Gasteiger charge is 2.43. The standard InChI is InChI=1S/C23H27Cl2NS/c1-4-13-23(3)16-21(18-7-6-8-20(25)15-18)22(26(27-23)14-5-2)17-9-11-19(24)12-10-17/h4,6-12,15,21-22H,1,5,13-14,16H2,2-3H3/t21-,22-,23-/m1/s1. The normalized spacial score (nSPS) is 26.1. The highest BCUT2D eigenvalue weighted by molar-refractivity contribution is 7.98. The number of hydrogen-bond donors (Lipinski definition) is 0. The molecule has 144 valence electrons. The zero-order valence-electron chi connectivity index (χ0n) is 16.0. The summed E-state index contributed by atoms with van der Waals surface area (Å²) in [5.74, 6) is 0.364. The fraction of sp³-hybridized carbons (Fsp3) is 0.391. The fourth-order valence-electron chi connectivity index (χ4n) is 4.08. The second-order valence-corrected chi connectivity index (χ2v) is 10.0. The maximum absolute atomic E-state index is 6.36. The average Bonchev–Trinajstić information content (AvgIpc) is 2.63. The van der Waals surface area contributed by atoms with Crippen molar-refractivity contribution < 1.29 is 0 Å². The molecule has 0 spiro atoms. The van der Waals surface area contributed by atoms with E-state index in [1.807, 2.05) is 30.1 Å². The Morgan fingerprint density at radius 2 is 1.89 bits per heavy atom. The van der Waals surface area contributed by atoms with Crippen LogP contribution in [0, 0.1) is 0 Å². The van der Waals surface area contributed by atoms with E-state index < -0.39 is 0 Å².